The van der Waals surface area contributed by atoms with Gasteiger partial charge in [0.05, 0.1) is 9.83 Å². The first-order valence-corrected chi connectivity index (χ1v) is 9.78. The van der Waals surface area contributed by atoms with Crippen LogP contribution in [0.25, 0.3) is 0 Å². The van der Waals surface area contributed by atoms with E-state index in [1.54, 1.807) is 20.8 Å². The highest BCUT2D eigenvalue weighted by Crippen LogP contribution is 2.38. The first kappa shape index (κ1) is 18.3. The molecule has 0 bridgehead atoms. The minimum Gasteiger partial charge on any atom is -0.479 e. The van der Waals surface area contributed by atoms with Crippen LogP contribution < -0.4 is 0 Å². The van der Waals surface area contributed by atoms with Gasteiger partial charge in [0, 0.05) is 18.1 Å². The summed E-state index contributed by atoms with van der Waals surface area (Å²) in [4.78, 5) is 25.5. The molecule has 0 aromatic rings. The number of carboxylic acids is 1. The normalized spacial score (nSPS) is 27.5. The lowest BCUT2D eigenvalue weighted by Crippen LogP contribution is -2.58. The molecular formula is C13H23NO5S2. The van der Waals surface area contributed by atoms with Gasteiger partial charge in [-0.3, -0.25) is 4.90 Å². The van der Waals surface area contributed by atoms with Gasteiger partial charge in [-0.2, -0.15) is 0 Å². The van der Waals surface area contributed by atoms with E-state index in [1.807, 2.05) is 6.92 Å². The maximum absolute atomic E-state index is 12.4. The van der Waals surface area contributed by atoms with Crippen LogP contribution in [0.15, 0.2) is 0 Å². The standard InChI is InChI=1S/C13H23NO5S2/c1-9-6-7-13(10(15)16,8-20-21(5)18)14(9)11(17)19-12(2,3)4/h9H,6-8H2,1-5H3,(H,15,16). The molecule has 1 rings (SSSR count). The number of hydrogen-bond acceptors (Lipinski definition) is 5. The van der Waals surface area contributed by atoms with Crippen molar-refractivity contribution in [3.63, 3.8) is 0 Å². The number of nitrogens with zero attached hydrogens (tertiary/aromatic N) is 1. The Morgan fingerprint density at radius 1 is 1.48 bits per heavy atom. The molecule has 1 amide bonds. The quantitative estimate of drug-likeness (QED) is 0.792. The van der Waals surface area contributed by atoms with Crippen molar-refractivity contribution in [1.82, 2.24) is 4.90 Å². The number of ether oxygens (including phenoxy) is 1. The lowest BCUT2D eigenvalue weighted by Gasteiger charge is -2.37. The van der Waals surface area contributed by atoms with Gasteiger partial charge in [0.1, 0.15) is 5.60 Å². The van der Waals surface area contributed by atoms with E-state index in [1.165, 1.54) is 11.2 Å². The number of hydrogen-bond donors (Lipinski definition) is 1. The number of carboxylic acid groups (broad SMARTS) is 1. The Morgan fingerprint density at radius 3 is 2.48 bits per heavy atom. The summed E-state index contributed by atoms with van der Waals surface area (Å²) in [6.07, 6.45) is 1.80. The van der Waals surface area contributed by atoms with E-state index in [9.17, 15) is 18.9 Å². The van der Waals surface area contributed by atoms with E-state index >= 15 is 0 Å². The summed E-state index contributed by atoms with van der Waals surface area (Å²) in [7, 11) is -0.149. The minimum absolute atomic E-state index is 0.0923. The number of amides is 1. The largest absolute Gasteiger partial charge is 0.479 e. The van der Waals surface area contributed by atoms with Crippen molar-refractivity contribution in [3.8, 4) is 0 Å². The van der Waals surface area contributed by atoms with Gasteiger partial charge in [-0.05, 0) is 40.5 Å². The van der Waals surface area contributed by atoms with E-state index in [0.29, 0.717) is 12.8 Å². The van der Waals surface area contributed by atoms with E-state index in [2.05, 4.69) is 0 Å². The summed E-state index contributed by atoms with van der Waals surface area (Å²) in [5, 5.41) is 9.65. The van der Waals surface area contributed by atoms with Crippen molar-refractivity contribution in [3.05, 3.63) is 0 Å². The van der Waals surface area contributed by atoms with Gasteiger partial charge in [-0.15, -0.1) is 0 Å². The summed E-state index contributed by atoms with van der Waals surface area (Å²) in [5.74, 6) is -0.981. The van der Waals surface area contributed by atoms with E-state index < -0.39 is 33.0 Å². The Morgan fingerprint density at radius 2 is 2.05 bits per heavy atom. The van der Waals surface area contributed by atoms with Gasteiger partial charge < -0.3 is 9.84 Å². The third kappa shape index (κ3) is 4.35. The Bertz CT molecular complexity index is 448. The van der Waals surface area contributed by atoms with Gasteiger partial charge in [0.15, 0.2) is 5.54 Å². The molecule has 8 heteroatoms. The van der Waals surface area contributed by atoms with Gasteiger partial charge in [0.2, 0.25) is 0 Å². The van der Waals surface area contributed by atoms with Gasteiger partial charge in [-0.25, -0.2) is 13.8 Å². The molecule has 3 unspecified atom stereocenters. The SMILES string of the molecule is CC1CCC(CSS(C)=O)(C(=O)O)N1C(=O)OC(C)(C)C. The van der Waals surface area contributed by atoms with E-state index in [4.69, 9.17) is 4.74 Å². The molecule has 0 spiro atoms. The third-order valence-electron chi connectivity index (χ3n) is 3.33. The maximum Gasteiger partial charge on any atom is 0.411 e. The second-order valence-corrected chi connectivity index (χ2v) is 9.68. The van der Waals surface area contributed by atoms with Crippen molar-refractivity contribution in [2.24, 2.45) is 0 Å². The summed E-state index contributed by atoms with van der Waals surface area (Å²) in [6.45, 7) is 7.03. The molecule has 0 saturated carbocycles. The van der Waals surface area contributed by atoms with Crippen LogP contribution in [-0.2, 0) is 19.4 Å². The Hall–Kier alpha value is -0.760. The topological polar surface area (TPSA) is 83.9 Å². The zero-order valence-corrected chi connectivity index (χ0v) is 14.7. The summed E-state index contributed by atoms with van der Waals surface area (Å²) in [5.41, 5.74) is -2.04. The number of likely N-dealkylation sites (tertiary alicyclic amines) is 1. The molecule has 6 nitrogen and oxygen atoms in total. The average Bonchev–Trinajstić information content (AvgIpc) is 2.62. The second kappa shape index (κ2) is 6.56. The van der Waals surface area contributed by atoms with Crippen molar-refractivity contribution < 1.29 is 23.6 Å². The maximum atomic E-state index is 12.4. The monoisotopic (exact) mass is 337 g/mol. The van der Waals surface area contributed by atoms with Crippen LogP contribution in [-0.4, -0.2) is 55.5 Å². The molecular weight excluding hydrogens is 314 g/mol. The van der Waals surface area contributed by atoms with E-state index in [-0.39, 0.29) is 11.8 Å². The van der Waals surface area contributed by atoms with Gasteiger partial charge in [0.25, 0.3) is 0 Å². The van der Waals surface area contributed by atoms with Gasteiger partial charge in [-0.1, -0.05) is 10.8 Å². The zero-order valence-electron chi connectivity index (χ0n) is 13.0. The second-order valence-electron chi connectivity index (χ2n) is 6.24. The molecule has 1 N–H and O–H groups in total. The van der Waals surface area contributed by atoms with Crippen LogP contribution in [0.5, 0.6) is 0 Å². The predicted octanol–water partition coefficient (Wildman–Crippen LogP) is 2.26. The molecule has 0 aliphatic carbocycles. The summed E-state index contributed by atoms with van der Waals surface area (Å²) >= 11 is 0. The van der Waals surface area contributed by atoms with Crippen LogP contribution in [0.2, 0.25) is 0 Å². The predicted molar refractivity (Wildman–Crippen MR) is 83.7 cm³/mol. The van der Waals surface area contributed by atoms with Crippen molar-refractivity contribution in [2.75, 3.05) is 12.0 Å². The van der Waals surface area contributed by atoms with Crippen molar-refractivity contribution >= 4 is 32.7 Å². The molecule has 21 heavy (non-hydrogen) atoms. The molecule has 122 valence electrons. The average molecular weight is 337 g/mol. The number of rotatable bonds is 4. The lowest BCUT2D eigenvalue weighted by molar-refractivity contribution is -0.148. The molecule has 1 fully saturated rings. The summed E-state index contributed by atoms with van der Waals surface area (Å²) in [6, 6.07) is -0.221. The first-order valence-electron chi connectivity index (χ1n) is 6.72. The van der Waals surface area contributed by atoms with Crippen LogP contribution in [0.4, 0.5) is 4.79 Å². The molecule has 1 aliphatic rings. The fraction of sp³-hybridized carbons (Fsp3) is 0.846. The highest BCUT2D eigenvalue weighted by molar-refractivity contribution is 8.69. The fourth-order valence-corrected chi connectivity index (χ4v) is 4.23. The molecule has 3 atom stereocenters. The minimum atomic E-state index is -1.35. The number of carbonyl (C=O) groups is 2. The summed E-state index contributed by atoms with van der Waals surface area (Å²) < 4.78 is 16.6. The zero-order chi connectivity index (χ0) is 16.4. The van der Waals surface area contributed by atoms with E-state index in [0.717, 1.165) is 10.8 Å². The number of aliphatic carboxylic acids is 1. The highest BCUT2D eigenvalue weighted by Gasteiger charge is 2.54. The first-order chi connectivity index (χ1) is 9.49. The van der Waals surface area contributed by atoms with Crippen molar-refractivity contribution in [1.29, 1.82) is 0 Å². The molecule has 0 radical (unpaired) electrons. The Labute approximate surface area is 131 Å². The third-order valence-corrected chi connectivity index (χ3v) is 5.61. The number of carbonyl (C=O) groups excluding carboxylic acids is 1. The Balaban J connectivity index is 3.07. The van der Waals surface area contributed by atoms with Crippen LogP contribution in [0.3, 0.4) is 0 Å². The smallest absolute Gasteiger partial charge is 0.411 e. The molecule has 0 aromatic carbocycles. The Kier molecular flexibility index (Phi) is 5.71. The molecule has 1 aliphatic heterocycles. The van der Waals surface area contributed by atoms with Crippen LogP contribution in [0, 0.1) is 0 Å². The van der Waals surface area contributed by atoms with Gasteiger partial charge >= 0.3 is 12.1 Å². The molecule has 1 saturated heterocycles. The van der Waals surface area contributed by atoms with Crippen LogP contribution >= 0.6 is 10.8 Å². The molecule has 0 aromatic heterocycles. The molecule has 1 heterocycles. The highest BCUT2D eigenvalue weighted by atomic mass is 33.1. The van der Waals surface area contributed by atoms with Crippen molar-refractivity contribution in [2.45, 2.75) is 57.7 Å². The van der Waals surface area contributed by atoms with Crippen LogP contribution in [0.1, 0.15) is 40.5 Å². The fourth-order valence-electron chi connectivity index (χ4n) is 2.38. The lowest BCUT2D eigenvalue weighted by atomic mass is 9.99.